The van der Waals surface area contributed by atoms with Crippen molar-refractivity contribution in [2.45, 2.75) is 20.4 Å². The van der Waals surface area contributed by atoms with Crippen molar-refractivity contribution >= 4 is 5.91 Å². The van der Waals surface area contributed by atoms with Gasteiger partial charge in [-0.1, -0.05) is 35.0 Å². The van der Waals surface area contributed by atoms with E-state index in [1.807, 2.05) is 56.3 Å². The number of methoxy groups -OCH3 is 1. The third kappa shape index (κ3) is 4.68. The van der Waals surface area contributed by atoms with E-state index in [0.717, 1.165) is 16.7 Å². The molecule has 28 heavy (non-hydrogen) atoms. The Hall–Kier alpha value is -3.35. The monoisotopic (exact) mass is 381 g/mol. The van der Waals surface area contributed by atoms with Crippen LogP contribution in [0.15, 0.2) is 47.0 Å². The quantitative estimate of drug-likeness (QED) is 0.624. The van der Waals surface area contributed by atoms with Crippen LogP contribution in [-0.4, -0.2) is 41.7 Å². The number of benzene rings is 2. The lowest BCUT2D eigenvalue weighted by molar-refractivity contribution is -0.132. The summed E-state index contributed by atoms with van der Waals surface area (Å²) in [6.07, 6.45) is 0. The fourth-order valence-corrected chi connectivity index (χ4v) is 2.70. The third-order valence-corrected chi connectivity index (χ3v) is 4.28. The van der Waals surface area contributed by atoms with Gasteiger partial charge in [0.15, 0.2) is 6.61 Å². The van der Waals surface area contributed by atoms with Gasteiger partial charge in [-0.05, 0) is 37.6 Å². The molecule has 146 valence electrons. The second kappa shape index (κ2) is 8.56. The van der Waals surface area contributed by atoms with Crippen molar-refractivity contribution < 1.29 is 18.8 Å². The van der Waals surface area contributed by atoms with E-state index < -0.39 is 0 Å². The molecule has 0 aliphatic carbocycles. The predicted octanol–water partition coefficient (Wildman–Crippen LogP) is 3.40. The highest BCUT2D eigenvalue weighted by molar-refractivity contribution is 5.77. The SMILES string of the molecule is COc1cccc(-c2noc(CN(C)C(=O)COc3ccc(C)cc3C)n2)c1. The number of aromatic nitrogens is 2. The van der Waals surface area contributed by atoms with Crippen LogP contribution in [0, 0.1) is 13.8 Å². The zero-order valence-corrected chi connectivity index (χ0v) is 16.4. The van der Waals surface area contributed by atoms with Crippen molar-refractivity contribution in [2.75, 3.05) is 20.8 Å². The van der Waals surface area contributed by atoms with Gasteiger partial charge < -0.3 is 18.9 Å². The van der Waals surface area contributed by atoms with Crippen molar-refractivity contribution in [2.24, 2.45) is 0 Å². The summed E-state index contributed by atoms with van der Waals surface area (Å²) < 4.78 is 16.1. The number of aryl methyl sites for hydroxylation is 2. The van der Waals surface area contributed by atoms with Crippen LogP contribution in [0.25, 0.3) is 11.4 Å². The van der Waals surface area contributed by atoms with Gasteiger partial charge in [0.1, 0.15) is 11.5 Å². The Labute approximate surface area is 163 Å². The first-order valence-electron chi connectivity index (χ1n) is 8.87. The molecule has 1 heterocycles. The first kappa shape index (κ1) is 19.4. The normalized spacial score (nSPS) is 10.6. The third-order valence-electron chi connectivity index (χ3n) is 4.28. The van der Waals surface area contributed by atoms with Gasteiger partial charge in [0.25, 0.3) is 5.91 Å². The number of hydrogen-bond donors (Lipinski definition) is 0. The maximum atomic E-state index is 12.4. The lowest BCUT2D eigenvalue weighted by Gasteiger charge is -2.16. The number of nitrogens with zero attached hydrogens (tertiary/aromatic N) is 3. The van der Waals surface area contributed by atoms with Gasteiger partial charge in [0.2, 0.25) is 11.7 Å². The van der Waals surface area contributed by atoms with Gasteiger partial charge >= 0.3 is 0 Å². The lowest BCUT2D eigenvalue weighted by atomic mass is 10.1. The Balaban J connectivity index is 1.59. The van der Waals surface area contributed by atoms with Crippen molar-refractivity contribution in [3.05, 3.63) is 59.5 Å². The smallest absolute Gasteiger partial charge is 0.260 e. The van der Waals surface area contributed by atoms with Gasteiger partial charge in [-0.25, -0.2) is 0 Å². The van der Waals surface area contributed by atoms with E-state index in [1.165, 1.54) is 4.90 Å². The van der Waals surface area contributed by atoms with Crippen molar-refractivity contribution in [3.8, 4) is 22.9 Å². The van der Waals surface area contributed by atoms with Crippen molar-refractivity contribution in [3.63, 3.8) is 0 Å². The molecule has 0 spiro atoms. The van der Waals surface area contributed by atoms with E-state index in [-0.39, 0.29) is 19.1 Å². The van der Waals surface area contributed by atoms with Crippen LogP contribution in [0.3, 0.4) is 0 Å². The van der Waals surface area contributed by atoms with E-state index in [1.54, 1.807) is 14.2 Å². The topological polar surface area (TPSA) is 77.7 Å². The van der Waals surface area contributed by atoms with E-state index in [9.17, 15) is 4.79 Å². The second-order valence-corrected chi connectivity index (χ2v) is 6.55. The van der Waals surface area contributed by atoms with Gasteiger partial charge in [0.05, 0.1) is 13.7 Å². The molecule has 7 nitrogen and oxygen atoms in total. The molecule has 0 saturated carbocycles. The Morgan fingerprint density at radius 2 is 2.00 bits per heavy atom. The second-order valence-electron chi connectivity index (χ2n) is 6.55. The summed E-state index contributed by atoms with van der Waals surface area (Å²) in [4.78, 5) is 18.2. The maximum absolute atomic E-state index is 12.4. The number of ether oxygens (including phenoxy) is 2. The van der Waals surface area contributed by atoms with Crippen molar-refractivity contribution in [1.29, 1.82) is 0 Å². The molecule has 3 aromatic rings. The Morgan fingerprint density at radius 1 is 1.18 bits per heavy atom. The van der Waals surface area contributed by atoms with E-state index in [0.29, 0.717) is 23.2 Å². The van der Waals surface area contributed by atoms with Crippen LogP contribution in [0.5, 0.6) is 11.5 Å². The molecule has 0 unspecified atom stereocenters. The van der Waals surface area contributed by atoms with Crippen LogP contribution in [-0.2, 0) is 11.3 Å². The predicted molar refractivity (Wildman–Crippen MR) is 104 cm³/mol. The molecule has 0 N–H and O–H groups in total. The number of hydrogen-bond acceptors (Lipinski definition) is 6. The van der Waals surface area contributed by atoms with Crippen LogP contribution in [0.1, 0.15) is 17.0 Å². The van der Waals surface area contributed by atoms with Gasteiger partial charge in [0, 0.05) is 12.6 Å². The summed E-state index contributed by atoms with van der Waals surface area (Å²) in [6, 6.07) is 13.2. The highest BCUT2D eigenvalue weighted by atomic mass is 16.5. The number of amides is 1. The molecule has 7 heteroatoms. The van der Waals surface area contributed by atoms with Crippen LogP contribution < -0.4 is 9.47 Å². The fourth-order valence-electron chi connectivity index (χ4n) is 2.70. The number of rotatable bonds is 7. The summed E-state index contributed by atoms with van der Waals surface area (Å²) in [7, 11) is 3.27. The fraction of sp³-hybridized carbons (Fsp3) is 0.286. The van der Waals surface area contributed by atoms with Crippen molar-refractivity contribution in [1.82, 2.24) is 15.0 Å². The molecule has 3 rings (SSSR count). The molecule has 0 fully saturated rings. The van der Waals surface area contributed by atoms with Crippen LogP contribution in [0.2, 0.25) is 0 Å². The molecule has 0 aliphatic rings. The zero-order valence-electron chi connectivity index (χ0n) is 16.4. The summed E-state index contributed by atoms with van der Waals surface area (Å²) in [5, 5.41) is 3.98. The van der Waals surface area contributed by atoms with Crippen LogP contribution >= 0.6 is 0 Å². The molecule has 0 bridgehead atoms. The highest BCUT2D eigenvalue weighted by Crippen LogP contribution is 2.22. The Kier molecular flexibility index (Phi) is 5.93. The molecule has 2 aromatic carbocycles. The van der Waals surface area contributed by atoms with Crippen LogP contribution in [0.4, 0.5) is 0 Å². The van der Waals surface area contributed by atoms with E-state index >= 15 is 0 Å². The molecule has 0 atom stereocenters. The Morgan fingerprint density at radius 3 is 2.75 bits per heavy atom. The van der Waals surface area contributed by atoms with Gasteiger partial charge in [-0.2, -0.15) is 4.98 Å². The minimum atomic E-state index is -0.180. The van der Waals surface area contributed by atoms with Gasteiger partial charge in [-0.15, -0.1) is 0 Å². The highest BCUT2D eigenvalue weighted by Gasteiger charge is 2.16. The average molecular weight is 381 g/mol. The first-order valence-corrected chi connectivity index (χ1v) is 8.87. The maximum Gasteiger partial charge on any atom is 0.260 e. The molecule has 1 aromatic heterocycles. The van der Waals surface area contributed by atoms with E-state index in [2.05, 4.69) is 10.1 Å². The first-order chi connectivity index (χ1) is 13.5. The number of carbonyl (C=O) groups excluding carboxylic acids is 1. The molecule has 0 saturated heterocycles. The minimum Gasteiger partial charge on any atom is -0.497 e. The minimum absolute atomic E-state index is 0.0583. The summed E-state index contributed by atoms with van der Waals surface area (Å²) in [5.41, 5.74) is 2.92. The van der Waals surface area contributed by atoms with Gasteiger partial charge in [-0.3, -0.25) is 4.79 Å². The standard InChI is InChI=1S/C21H23N3O4/c1-14-8-9-18(15(2)10-14)27-13-20(25)24(3)12-19-22-21(23-28-19)16-6-5-7-17(11-16)26-4/h5-11H,12-13H2,1-4H3. The summed E-state index contributed by atoms with van der Waals surface area (Å²) >= 11 is 0. The molecule has 0 radical (unpaired) electrons. The summed E-state index contributed by atoms with van der Waals surface area (Å²) in [6.45, 7) is 4.11. The number of carbonyl (C=O) groups is 1. The lowest BCUT2D eigenvalue weighted by Crippen LogP contribution is -2.31. The molecular formula is C21H23N3O4. The summed E-state index contributed by atoms with van der Waals surface area (Å²) in [5.74, 6) is 2.02. The molecule has 0 aliphatic heterocycles. The number of likely N-dealkylation sites (N-methyl/N-ethyl adjacent to an activating group) is 1. The molecule has 1 amide bonds. The zero-order chi connectivity index (χ0) is 20.1. The largest absolute Gasteiger partial charge is 0.497 e. The Bertz CT molecular complexity index is 968. The van der Waals surface area contributed by atoms with E-state index in [4.69, 9.17) is 14.0 Å². The molecular weight excluding hydrogens is 358 g/mol. The average Bonchev–Trinajstić information content (AvgIpc) is 3.15.